The Labute approximate surface area is 168 Å². The summed E-state index contributed by atoms with van der Waals surface area (Å²) in [6.07, 6.45) is 0. The predicted octanol–water partition coefficient (Wildman–Crippen LogP) is 6.26. The molecule has 0 saturated carbocycles. The molecule has 1 N–H and O–H groups in total. The van der Waals surface area contributed by atoms with Crippen LogP contribution in [0.15, 0.2) is 86.1 Å². The summed E-state index contributed by atoms with van der Waals surface area (Å²) in [4.78, 5) is 17.3. The van der Waals surface area contributed by atoms with Gasteiger partial charge < -0.3 is 14.2 Å². The molecule has 0 atom stereocenters. The molecule has 3 aromatic carbocycles. The monoisotopic (exact) mass is 432 g/mol. The number of para-hydroxylation sites is 3. The van der Waals surface area contributed by atoms with Crippen LogP contribution in [0.3, 0.4) is 0 Å². The van der Waals surface area contributed by atoms with Gasteiger partial charge in [0, 0.05) is 9.86 Å². The number of oxazole rings is 1. The van der Waals surface area contributed by atoms with E-state index in [0.29, 0.717) is 28.3 Å². The van der Waals surface area contributed by atoms with E-state index in [0.717, 1.165) is 15.4 Å². The van der Waals surface area contributed by atoms with Gasteiger partial charge in [0.2, 0.25) is 5.89 Å². The van der Waals surface area contributed by atoms with Gasteiger partial charge in [-0.15, -0.1) is 0 Å². The maximum absolute atomic E-state index is 12.8. The number of halogens is 1. The Morgan fingerprint density at radius 1 is 0.893 bits per heavy atom. The second kappa shape index (κ2) is 6.65. The summed E-state index contributed by atoms with van der Waals surface area (Å²) in [7, 11) is 0. The zero-order valence-corrected chi connectivity index (χ0v) is 16.1. The van der Waals surface area contributed by atoms with Crippen LogP contribution in [0.5, 0.6) is 0 Å². The molecule has 0 radical (unpaired) electrons. The summed E-state index contributed by atoms with van der Waals surface area (Å²) in [6.45, 7) is 0. The first-order valence-electron chi connectivity index (χ1n) is 8.63. The number of hydrogen-bond donors (Lipinski definition) is 1. The molecule has 0 saturated heterocycles. The van der Waals surface area contributed by atoms with Gasteiger partial charge in [-0.3, -0.25) is 4.79 Å². The first-order valence-corrected chi connectivity index (χ1v) is 9.42. The molecule has 1 amide bonds. The Bertz CT molecular complexity index is 1270. The lowest BCUT2D eigenvalue weighted by atomic mass is 10.1. The molecule has 136 valence electrons. The molecule has 0 aliphatic rings. The number of rotatable bonds is 3. The normalized spacial score (nSPS) is 11.2. The van der Waals surface area contributed by atoms with Crippen LogP contribution in [0, 0.1) is 0 Å². The number of furan rings is 1. The molecule has 6 heteroatoms. The van der Waals surface area contributed by atoms with Crippen molar-refractivity contribution in [3.8, 4) is 11.5 Å². The van der Waals surface area contributed by atoms with E-state index in [1.54, 1.807) is 12.1 Å². The Morgan fingerprint density at radius 2 is 1.68 bits per heavy atom. The molecule has 5 aromatic rings. The molecule has 5 rings (SSSR count). The highest BCUT2D eigenvalue weighted by Crippen LogP contribution is 2.33. The van der Waals surface area contributed by atoms with Crippen molar-refractivity contribution >= 4 is 49.6 Å². The quantitative estimate of drug-likeness (QED) is 0.365. The third-order valence-electron chi connectivity index (χ3n) is 4.40. The molecule has 0 aliphatic carbocycles. The highest BCUT2D eigenvalue weighted by atomic mass is 79.9. The van der Waals surface area contributed by atoms with Crippen LogP contribution in [0.1, 0.15) is 10.6 Å². The highest BCUT2D eigenvalue weighted by Gasteiger charge is 2.18. The zero-order chi connectivity index (χ0) is 19.1. The molecule has 0 aliphatic heterocycles. The van der Waals surface area contributed by atoms with E-state index < -0.39 is 0 Å². The van der Waals surface area contributed by atoms with E-state index in [1.165, 1.54) is 0 Å². The fourth-order valence-corrected chi connectivity index (χ4v) is 3.43. The van der Waals surface area contributed by atoms with Gasteiger partial charge in [0.15, 0.2) is 11.3 Å². The molecule has 5 nitrogen and oxygen atoms in total. The lowest BCUT2D eigenvalue weighted by molar-refractivity contribution is 0.0999. The van der Waals surface area contributed by atoms with Crippen molar-refractivity contribution in [1.82, 2.24) is 4.98 Å². The van der Waals surface area contributed by atoms with Gasteiger partial charge in [0.05, 0.1) is 11.3 Å². The van der Waals surface area contributed by atoms with E-state index in [-0.39, 0.29) is 11.7 Å². The summed E-state index contributed by atoms with van der Waals surface area (Å²) >= 11 is 3.47. The average molecular weight is 433 g/mol. The van der Waals surface area contributed by atoms with E-state index in [2.05, 4.69) is 26.2 Å². The van der Waals surface area contributed by atoms with Crippen LogP contribution in [-0.2, 0) is 0 Å². The van der Waals surface area contributed by atoms with Crippen molar-refractivity contribution in [2.24, 2.45) is 0 Å². The number of fused-ring (bicyclic) bond motifs is 2. The van der Waals surface area contributed by atoms with Gasteiger partial charge >= 0.3 is 0 Å². The van der Waals surface area contributed by atoms with Crippen LogP contribution in [0.4, 0.5) is 5.69 Å². The number of benzene rings is 3. The number of aromatic nitrogens is 1. The maximum Gasteiger partial charge on any atom is 0.291 e. The van der Waals surface area contributed by atoms with Gasteiger partial charge in [0.25, 0.3) is 5.91 Å². The average Bonchev–Trinajstić information content (AvgIpc) is 3.33. The number of carbonyl (C=O) groups is 1. The summed E-state index contributed by atoms with van der Waals surface area (Å²) in [5.74, 6) is 0.339. The molecular formula is C22H13BrN2O3. The number of amides is 1. The minimum absolute atomic E-state index is 0.243. The second-order valence-electron chi connectivity index (χ2n) is 6.28. The van der Waals surface area contributed by atoms with Crippen molar-refractivity contribution in [1.29, 1.82) is 0 Å². The lowest BCUT2D eigenvalue weighted by Crippen LogP contribution is -2.11. The first-order chi connectivity index (χ1) is 13.7. The van der Waals surface area contributed by atoms with E-state index in [9.17, 15) is 4.79 Å². The molecule has 0 unspecified atom stereocenters. The highest BCUT2D eigenvalue weighted by molar-refractivity contribution is 9.10. The largest absolute Gasteiger partial charge is 0.451 e. The molecule has 0 bridgehead atoms. The van der Waals surface area contributed by atoms with Crippen molar-refractivity contribution in [2.75, 3.05) is 5.32 Å². The zero-order valence-electron chi connectivity index (χ0n) is 14.5. The summed E-state index contributed by atoms with van der Waals surface area (Å²) in [5, 5.41) is 3.78. The summed E-state index contributed by atoms with van der Waals surface area (Å²) < 4.78 is 12.4. The third-order valence-corrected chi connectivity index (χ3v) is 4.90. The third kappa shape index (κ3) is 2.97. The first kappa shape index (κ1) is 16.8. The van der Waals surface area contributed by atoms with Gasteiger partial charge in [-0.25, -0.2) is 4.98 Å². The fourth-order valence-electron chi connectivity index (χ4n) is 3.07. The topological polar surface area (TPSA) is 68.3 Å². The molecule has 0 spiro atoms. The second-order valence-corrected chi connectivity index (χ2v) is 7.19. The van der Waals surface area contributed by atoms with Gasteiger partial charge in [-0.05, 0) is 42.5 Å². The maximum atomic E-state index is 12.8. The number of nitrogens with zero attached hydrogens (tertiary/aromatic N) is 1. The molecular weight excluding hydrogens is 420 g/mol. The van der Waals surface area contributed by atoms with E-state index in [4.69, 9.17) is 8.83 Å². The SMILES string of the molecule is O=C(Nc1ccc(Br)cc1-c1nc2ccccc2o1)c1cc2ccccc2o1. The van der Waals surface area contributed by atoms with E-state index in [1.807, 2.05) is 60.7 Å². The molecule has 2 aromatic heterocycles. The smallest absolute Gasteiger partial charge is 0.291 e. The van der Waals surface area contributed by atoms with Crippen molar-refractivity contribution in [2.45, 2.75) is 0 Å². The fraction of sp³-hybridized carbons (Fsp3) is 0. The van der Waals surface area contributed by atoms with Crippen LogP contribution in [0.2, 0.25) is 0 Å². The number of hydrogen-bond acceptors (Lipinski definition) is 4. The molecule has 28 heavy (non-hydrogen) atoms. The van der Waals surface area contributed by atoms with Crippen LogP contribution >= 0.6 is 15.9 Å². The number of anilines is 1. The standard InChI is InChI=1S/C22H13BrN2O3/c23-14-9-10-16(15(12-14)22-25-17-6-2-4-8-19(17)28-22)24-21(26)20-11-13-5-1-3-7-18(13)27-20/h1-12H,(H,24,26). The van der Waals surface area contributed by atoms with Crippen LogP contribution < -0.4 is 5.32 Å². The van der Waals surface area contributed by atoms with E-state index >= 15 is 0 Å². The van der Waals surface area contributed by atoms with Gasteiger partial charge in [0.1, 0.15) is 11.1 Å². The van der Waals surface area contributed by atoms with Gasteiger partial charge in [-0.2, -0.15) is 0 Å². The Balaban J connectivity index is 1.53. The predicted molar refractivity (Wildman–Crippen MR) is 111 cm³/mol. The van der Waals surface area contributed by atoms with Crippen molar-refractivity contribution in [3.63, 3.8) is 0 Å². The summed E-state index contributed by atoms with van der Waals surface area (Å²) in [5.41, 5.74) is 3.37. The Hall–Kier alpha value is -3.38. The Morgan fingerprint density at radius 3 is 2.50 bits per heavy atom. The molecule has 0 fully saturated rings. The van der Waals surface area contributed by atoms with Crippen molar-refractivity contribution in [3.05, 3.63) is 83.0 Å². The van der Waals surface area contributed by atoms with Crippen molar-refractivity contribution < 1.29 is 13.6 Å². The minimum atomic E-state index is -0.337. The molecule has 2 heterocycles. The Kier molecular flexibility index (Phi) is 3.98. The van der Waals surface area contributed by atoms with Gasteiger partial charge in [-0.1, -0.05) is 46.3 Å². The summed E-state index contributed by atoms with van der Waals surface area (Å²) in [6, 6.07) is 22.3. The van der Waals surface area contributed by atoms with Crippen LogP contribution in [0.25, 0.3) is 33.5 Å². The minimum Gasteiger partial charge on any atom is -0.451 e. The number of nitrogens with one attached hydrogen (secondary N) is 1. The lowest BCUT2D eigenvalue weighted by Gasteiger charge is -2.08. The van der Waals surface area contributed by atoms with Crippen LogP contribution in [-0.4, -0.2) is 10.9 Å². The number of carbonyl (C=O) groups excluding carboxylic acids is 1.